The summed E-state index contributed by atoms with van der Waals surface area (Å²) in [7, 11) is 0. The average molecular weight is 333 g/mol. The van der Waals surface area contributed by atoms with Crippen molar-refractivity contribution in [3.8, 4) is 0 Å². The molecule has 2 N–H and O–H groups in total. The van der Waals surface area contributed by atoms with Gasteiger partial charge in [-0.1, -0.05) is 0 Å². The number of nitrogens with one attached hydrogen (secondary N) is 1. The Balaban J connectivity index is 3.06. The molecule has 1 fully saturated rings. The molecular weight excluding hydrogens is 314 g/mol. The van der Waals surface area contributed by atoms with Gasteiger partial charge in [0.25, 0.3) is 0 Å². The largest absolute Gasteiger partial charge is 0.463 e. The normalized spacial score (nSPS) is 30.0. The fourth-order valence-corrected chi connectivity index (χ4v) is 2.18. The molecule has 1 aliphatic rings. The summed E-state index contributed by atoms with van der Waals surface area (Å²) in [5.41, 5.74) is 0. The fourth-order valence-electron chi connectivity index (χ4n) is 2.18. The Labute approximate surface area is 132 Å². The molecule has 0 saturated carbocycles. The van der Waals surface area contributed by atoms with E-state index >= 15 is 0 Å². The number of carbonyl (C=O) groups excluding carboxylic acids is 4. The van der Waals surface area contributed by atoms with E-state index in [1.807, 2.05) is 0 Å². The van der Waals surface area contributed by atoms with Gasteiger partial charge < -0.3 is 29.4 Å². The highest BCUT2D eigenvalue weighted by Crippen LogP contribution is 2.25. The summed E-state index contributed by atoms with van der Waals surface area (Å²) in [4.78, 5) is 44.2. The predicted octanol–water partition coefficient (Wildman–Crippen LogP) is -1.76. The van der Waals surface area contributed by atoms with Gasteiger partial charge in [-0.3, -0.25) is 19.2 Å². The smallest absolute Gasteiger partial charge is 0.303 e. The SMILES string of the molecule is CC(=O)OC[C@H]1OC(O)[C@@H](NC=O)[C@@H](OC(C)=O)[C@@H]1OC(C)=O. The second-order valence-corrected chi connectivity index (χ2v) is 4.83. The lowest BCUT2D eigenvalue weighted by molar-refractivity contribution is -0.264. The third-order valence-electron chi connectivity index (χ3n) is 2.98. The molecule has 1 unspecified atom stereocenters. The van der Waals surface area contributed by atoms with Crippen molar-refractivity contribution in [2.75, 3.05) is 6.61 Å². The van der Waals surface area contributed by atoms with Crippen molar-refractivity contribution >= 4 is 24.3 Å². The Morgan fingerprint density at radius 1 is 1.09 bits per heavy atom. The molecule has 1 rings (SSSR count). The van der Waals surface area contributed by atoms with Crippen LogP contribution in [0.3, 0.4) is 0 Å². The molecule has 0 aliphatic carbocycles. The average Bonchev–Trinajstić information content (AvgIpc) is 2.42. The molecule has 23 heavy (non-hydrogen) atoms. The van der Waals surface area contributed by atoms with Gasteiger partial charge in [-0.05, 0) is 0 Å². The van der Waals surface area contributed by atoms with Gasteiger partial charge in [-0.2, -0.15) is 0 Å². The minimum absolute atomic E-state index is 0.283. The lowest BCUT2D eigenvalue weighted by Gasteiger charge is -2.43. The minimum Gasteiger partial charge on any atom is -0.463 e. The van der Waals surface area contributed by atoms with Gasteiger partial charge in [0.2, 0.25) is 6.41 Å². The molecule has 0 bridgehead atoms. The first-order valence-corrected chi connectivity index (χ1v) is 6.77. The van der Waals surface area contributed by atoms with Gasteiger partial charge in [-0.25, -0.2) is 0 Å². The first-order chi connectivity index (χ1) is 10.8. The standard InChI is InChI=1S/C13H19NO9/c1-6(16)20-4-9-11(21-7(2)17)12(22-8(3)18)10(14-5-15)13(19)23-9/h5,9-13,19H,4H2,1-3H3,(H,14,15)/t9-,10+,11-,12-,13?/m1/s1. The Hall–Kier alpha value is -2.20. The summed E-state index contributed by atoms with van der Waals surface area (Å²) in [6, 6.07) is -1.16. The van der Waals surface area contributed by atoms with Crippen LogP contribution >= 0.6 is 0 Å². The van der Waals surface area contributed by atoms with Crippen molar-refractivity contribution in [3.05, 3.63) is 0 Å². The van der Waals surface area contributed by atoms with Crippen LogP contribution in [0.25, 0.3) is 0 Å². The van der Waals surface area contributed by atoms with Crippen molar-refractivity contribution in [1.82, 2.24) is 5.32 Å². The molecule has 0 spiro atoms. The molecule has 5 atom stereocenters. The minimum atomic E-state index is -1.56. The molecular formula is C13H19NO9. The Morgan fingerprint density at radius 2 is 1.65 bits per heavy atom. The van der Waals surface area contributed by atoms with Crippen LogP contribution in [0.5, 0.6) is 0 Å². The van der Waals surface area contributed by atoms with Crippen molar-refractivity contribution in [3.63, 3.8) is 0 Å². The molecule has 130 valence electrons. The summed E-state index contributed by atoms with van der Waals surface area (Å²) in [6.45, 7) is 3.07. The molecule has 1 aliphatic heterocycles. The summed E-state index contributed by atoms with van der Waals surface area (Å²) in [5.74, 6) is -2.03. The van der Waals surface area contributed by atoms with Crippen molar-refractivity contribution < 1.29 is 43.2 Å². The van der Waals surface area contributed by atoms with E-state index in [1.165, 1.54) is 6.92 Å². The number of hydrogen-bond donors (Lipinski definition) is 2. The van der Waals surface area contributed by atoms with Gasteiger partial charge in [0, 0.05) is 20.8 Å². The van der Waals surface area contributed by atoms with E-state index in [4.69, 9.17) is 18.9 Å². The maximum Gasteiger partial charge on any atom is 0.303 e. The van der Waals surface area contributed by atoms with E-state index in [0.29, 0.717) is 0 Å². The van der Waals surface area contributed by atoms with Crippen LogP contribution in [0.1, 0.15) is 20.8 Å². The van der Waals surface area contributed by atoms with Crippen LogP contribution in [0.2, 0.25) is 0 Å². The number of aliphatic hydroxyl groups excluding tert-OH is 1. The van der Waals surface area contributed by atoms with E-state index in [1.54, 1.807) is 0 Å². The second kappa shape index (κ2) is 8.44. The number of aliphatic hydroxyl groups is 1. The van der Waals surface area contributed by atoms with Gasteiger partial charge in [0.1, 0.15) is 18.8 Å². The number of carbonyl (C=O) groups is 4. The van der Waals surface area contributed by atoms with Crippen LogP contribution in [-0.4, -0.2) is 66.7 Å². The monoisotopic (exact) mass is 333 g/mol. The molecule has 1 saturated heterocycles. The topological polar surface area (TPSA) is 137 Å². The van der Waals surface area contributed by atoms with Crippen LogP contribution in [0, 0.1) is 0 Å². The van der Waals surface area contributed by atoms with Crippen molar-refractivity contribution in [2.45, 2.75) is 51.4 Å². The number of esters is 3. The third-order valence-corrected chi connectivity index (χ3v) is 2.98. The van der Waals surface area contributed by atoms with Crippen LogP contribution in [-0.2, 0) is 38.1 Å². The maximum atomic E-state index is 11.3. The van der Waals surface area contributed by atoms with Crippen LogP contribution < -0.4 is 5.32 Å². The van der Waals surface area contributed by atoms with E-state index in [2.05, 4.69) is 5.32 Å². The summed E-state index contributed by atoms with van der Waals surface area (Å²) in [5, 5.41) is 12.2. The zero-order chi connectivity index (χ0) is 17.6. The number of rotatable bonds is 6. The number of hydrogen-bond acceptors (Lipinski definition) is 9. The Morgan fingerprint density at radius 3 is 2.13 bits per heavy atom. The zero-order valence-corrected chi connectivity index (χ0v) is 12.9. The molecule has 10 nitrogen and oxygen atoms in total. The maximum absolute atomic E-state index is 11.3. The lowest BCUT2D eigenvalue weighted by Crippen LogP contribution is -2.65. The highest BCUT2D eigenvalue weighted by atomic mass is 16.7. The molecule has 0 radical (unpaired) electrons. The molecule has 0 aromatic carbocycles. The summed E-state index contributed by atoms with van der Waals surface area (Å²) < 4.78 is 20.1. The molecule has 10 heteroatoms. The van der Waals surface area contributed by atoms with Gasteiger partial charge in [0.15, 0.2) is 18.5 Å². The quantitative estimate of drug-likeness (QED) is 0.329. The molecule has 1 amide bonds. The van der Waals surface area contributed by atoms with E-state index in [0.717, 1.165) is 13.8 Å². The first-order valence-electron chi connectivity index (χ1n) is 6.77. The van der Waals surface area contributed by atoms with Gasteiger partial charge >= 0.3 is 17.9 Å². The fraction of sp³-hybridized carbons (Fsp3) is 0.692. The molecule has 1 heterocycles. The summed E-state index contributed by atoms with van der Waals surface area (Å²) in [6.07, 6.45) is -4.75. The van der Waals surface area contributed by atoms with Crippen LogP contribution in [0.15, 0.2) is 0 Å². The third kappa shape index (κ3) is 5.49. The zero-order valence-electron chi connectivity index (χ0n) is 12.9. The van der Waals surface area contributed by atoms with E-state index < -0.39 is 48.6 Å². The van der Waals surface area contributed by atoms with Crippen LogP contribution in [0.4, 0.5) is 0 Å². The number of amides is 1. The Kier molecular flexibility index (Phi) is 6.91. The first kappa shape index (κ1) is 18.8. The number of ether oxygens (including phenoxy) is 4. The van der Waals surface area contributed by atoms with Gasteiger partial charge in [-0.15, -0.1) is 0 Å². The Bertz CT molecular complexity index is 466. The van der Waals surface area contributed by atoms with E-state index in [9.17, 15) is 24.3 Å². The lowest BCUT2D eigenvalue weighted by atomic mass is 9.96. The van der Waals surface area contributed by atoms with Gasteiger partial charge in [0.05, 0.1) is 0 Å². The highest BCUT2D eigenvalue weighted by Gasteiger charge is 2.49. The summed E-state index contributed by atoms with van der Waals surface area (Å²) >= 11 is 0. The van der Waals surface area contributed by atoms with Crippen molar-refractivity contribution in [1.29, 1.82) is 0 Å². The predicted molar refractivity (Wildman–Crippen MR) is 71.6 cm³/mol. The second-order valence-electron chi connectivity index (χ2n) is 4.83. The highest BCUT2D eigenvalue weighted by molar-refractivity contribution is 5.68. The van der Waals surface area contributed by atoms with E-state index in [-0.39, 0.29) is 13.0 Å². The van der Waals surface area contributed by atoms with Crippen molar-refractivity contribution in [2.24, 2.45) is 0 Å². The molecule has 0 aromatic heterocycles. The molecule has 0 aromatic rings.